The van der Waals surface area contributed by atoms with Crippen LogP contribution in [0.25, 0.3) is 0 Å². The van der Waals surface area contributed by atoms with Gasteiger partial charge >= 0.3 is 0 Å². The third-order valence-corrected chi connectivity index (χ3v) is 3.49. The van der Waals surface area contributed by atoms with Crippen molar-refractivity contribution in [3.8, 4) is 0 Å². The molecule has 1 saturated heterocycles. The van der Waals surface area contributed by atoms with Crippen LogP contribution in [0.2, 0.25) is 0 Å². The molecule has 2 N–H and O–H groups in total. The molecule has 2 rings (SSSR count). The second-order valence-corrected chi connectivity index (χ2v) is 5.09. The monoisotopic (exact) mass is 264 g/mol. The van der Waals surface area contributed by atoms with Gasteiger partial charge in [0.2, 0.25) is 11.9 Å². The van der Waals surface area contributed by atoms with Gasteiger partial charge in [0.1, 0.15) is 6.33 Å². The van der Waals surface area contributed by atoms with Crippen LogP contribution in [0.15, 0.2) is 6.33 Å². The first kappa shape index (κ1) is 14.0. The minimum atomic E-state index is 0.627. The zero-order chi connectivity index (χ0) is 13.5. The Balaban J connectivity index is 1.97. The number of nitrogens with zero attached hydrogens (tertiary/aromatic N) is 4. The predicted molar refractivity (Wildman–Crippen MR) is 77.5 cm³/mol. The van der Waals surface area contributed by atoms with Crippen molar-refractivity contribution < 1.29 is 0 Å². The van der Waals surface area contributed by atoms with Gasteiger partial charge in [0.25, 0.3) is 0 Å². The van der Waals surface area contributed by atoms with Crippen LogP contribution in [0.5, 0.6) is 0 Å². The molecule has 0 bridgehead atoms. The summed E-state index contributed by atoms with van der Waals surface area (Å²) in [6, 6.07) is 0. The number of aromatic nitrogens is 3. The largest absolute Gasteiger partial charge is 0.354 e. The third kappa shape index (κ3) is 4.31. The Bertz CT molecular complexity index is 375. The molecule has 0 aliphatic carbocycles. The average molecular weight is 264 g/mol. The van der Waals surface area contributed by atoms with Crippen molar-refractivity contribution in [1.82, 2.24) is 20.3 Å². The summed E-state index contributed by atoms with van der Waals surface area (Å²) in [6.07, 6.45) is 3.88. The Morgan fingerprint density at radius 2 is 2.26 bits per heavy atom. The van der Waals surface area contributed by atoms with Crippen molar-refractivity contribution in [1.29, 1.82) is 0 Å². The molecule has 19 heavy (non-hydrogen) atoms. The Hall–Kier alpha value is -1.43. The van der Waals surface area contributed by atoms with E-state index in [4.69, 9.17) is 0 Å². The molecule has 6 nitrogen and oxygen atoms in total. The second kappa shape index (κ2) is 7.23. The lowest BCUT2D eigenvalue weighted by Gasteiger charge is -2.20. The van der Waals surface area contributed by atoms with Crippen LogP contribution in [-0.4, -0.2) is 47.7 Å². The fraction of sp³-hybridized carbons (Fsp3) is 0.769. The van der Waals surface area contributed by atoms with Crippen molar-refractivity contribution in [3.63, 3.8) is 0 Å². The summed E-state index contributed by atoms with van der Waals surface area (Å²) in [5, 5.41) is 6.67. The van der Waals surface area contributed by atoms with Gasteiger partial charge in [-0.3, -0.25) is 0 Å². The molecule has 6 heteroatoms. The Labute approximate surface area is 115 Å². The summed E-state index contributed by atoms with van der Waals surface area (Å²) in [5.74, 6) is 2.09. The fourth-order valence-electron chi connectivity index (χ4n) is 1.98. The highest BCUT2D eigenvalue weighted by Gasteiger charge is 2.12. The lowest BCUT2D eigenvalue weighted by Crippen LogP contribution is -2.29. The number of nitrogens with one attached hydrogen (secondary N) is 2. The van der Waals surface area contributed by atoms with Crippen molar-refractivity contribution in [2.75, 3.05) is 42.9 Å². The van der Waals surface area contributed by atoms with E-state index in [1.165, 1.54) is 0 Å². The van der Waals surface area contributed by atoms with Crippen molar-refractivity contribution >= 4 is 11.9 Å². The molecular weight excluding hydrogens is 240 g/mol. The van der Waals surface area contributed by atoms with Gasteiger partial charge in [-0.15, -0.1) is 0 Å². The summed E-state index contributed by atoms with van der Waals surface area (Å²) >= 11 is 0. The van der Waals surface area contributed by atoms with Crippen LogP contribution in [-0.2, 0) is 0 Å². The van der Waals surface area contributed by atoms with Crippen molar-refractivity contribution in [2.45, 2.75) is 26.7 Å². The van der Waals surface area contributed by atoms with Crippen LogP contribution in [0.4, 0.5) is 11.9 Å². The van der Waals surface area contributed by atoms with Gasteiger partial charge in [-0.05, 0) is 18.9 Å². The fourth-order valence-corrected chi connectivity index (χ4v) is 1.98. The molecule has 0 amide bonds. The molecule has 1 aliphatic rings. The standard InChI is InChI=1S/C13H24N6/c1-3-11(2)9-15-12-16-10-17-13(18-12)19-7-4-5-14-6-8-19/h10-11,14H,3-9H2,1-2H3,(H,15,16,17,18)/t11-/m0/s1. The minimum Gasteiger partial charge on any atom is -0.354 e. The molecule has 106 valence electrons. The minimum absolute atomic E-state index is 0.627. The van der Waals surface area contributed by atoms with E-state index in [-0.39, 0.29) is 0 Å². The highest BCUT2D eigenvalue weighted by atomic mass is 15.3. The summed E-state index contributed by atoms with van der Waals surface area (Å²) in [7, 11) is 0. The van der Waals surface area contributed by atoms with Crippen LogP contribution in [0.1, 0.15) is 26.7 Å². The lowest BCUT2D eigenvalue weighted by atomic mass is 10.1. The quantitative estimate of drug-likeness (QED) is 0.831. The van der Waals surface area contributed by atoms with Gasteiger partial charge in [-0.2, -0.15) is 4.98 Å². The highest BCUT2D eigenvalue weighted by molar-refractivity contribution is 5.35. The van der Waals surface area contributed by atoms with Gasteiger partial charge in [0, 0.05) is 26.2 Å². The summed E-state index contributed by atoms with van der Waals surface area (Å²) in [6.45, 7) is 9.32. The number of rotatable bonds is 5. The third-order valence-electron chi connectivity index (χ3n) is 3.49. The van der Waals surface area contributed by atoms with Gasteiger partial charge in [-0.25, -0.2) is 9.97 Å². The van der Waals surface area contributed by atoms with Gasteiger partial charge < -0.3 is 15.5 Å². The van der Waals surface area contributed by atoms with Crippen LogP contribution in [0.3, 0.4) is 0 Å². The molecule has 1 aromatic heterocycles. The van der Waals surface area contributed by atoms with E-state index in [2.05, 4.69) is 44.3 Å². The molecule has 1 aliphatic heterocycles. The van der Waals surface area contributed by atoms with E-state index < -0.39 is 0 Å². The van der Waals surface area contributed by atoms with E-state index in [0.29, 0.717) is 11.9 Å². The molecule has 1 fully saturated rings. The van der Waals surface area contributed by atoms with Gasteiger partial charge in [0.05, 0.1) is 0 Å². The summed E-state index contributed by atoms with van der Waals surface area (Å²) in [5.41, 5.74) is 0. The topological polar surface area (TPSA) is 66.0 Å². The van der Waals surface area contributed by atoms with Crippen molar-refractivity contribution in [2.24, 2.45) is 5.92 Å². The highest BCUT2D eigenvalue weighted by Crippen LogP contribution is 2.10. The zero-order valence-corrected chi connectivity index (χ0v) is 11.9. The van der Waals surface area contributed by atoms with Crippen LogP contribution >= 0.6 is 0 Å². The number of hydrogen-bond donors (Lipinski definition) is 2. The zero-order valence-electron chi connectivity index (χ0n) is 11.9. The first-order valence-corrected chi connectivity index (χ1v) is 7.18. The smallest absolute Gasteiger partial charge is 0.230 e. The Kier molecular flexibility index (Phi) is 5.32. The maximum absolute atomic E-state index is 4.51. The first-order valence-electron chi connectivity index (χ1n) is 7.18. The summed E-state index contributed by atoms with van der Waals surface area (Å²) < 4.78 is 0. The Morgan fingerprint density at radius 3 is 3.11 bits per heavy atom. The molecule has 2 heterocycles. The molecule has 0 saturated carbocycles. The molecule has 0 aromatic carbocycles. The normalized spacial score (nSPS) is 17.9. The van der Waals surface area contributed by atoms with Crippen molar-refractivity contribution in [3.05, 3.63) is 6.33 Å². The van der Waals surface area contributed by atoms with Gasteiger partial charge in [-0.1, -0.05) is 20.3 Å². The van der Waals surface area contributed by atoms with Gasteiger partial charge in [0.15, 0.2) is 0 Å². The lowest BCUT2D eigenvalue weighted by molar-refractivity contribution is 0.591. The molecule has 1 aromatic rings. The average Bonchev–Trinajstić information content (AvgIpc) is 2.74. The van der Waals surface area contributed by atoms with Crippen LogP contribution < -0.4 is 15.5 Å². The molecule has 0 radical (unpaired) electrons. The van der Waals surface area contributed by atoms with E-state index in [1.54, 1.807) is 6.33 Å². The molecule has 0 spiro atoms. The van der Waals surface area contributed by atoms with E-state index in [0.717, 1.165) is 51.5 Å². The molecule has 0 unspecified atom stereocenters. The van der Waals surface area contributed by atoms with E-state index in [1.807, 2.05) is 0 Å². The summed E-state index contributed by atoms with van der Waals surface area (Å²) in [4.78, 5) is 15.2. The number of anilines is 2. The maximum Gasteiger partial charge on any atom is 0.230 e. The predicted octanol–water partition coefficient (Wildman–Crippen LogP) is 1.13. The second-order valence-electron chi connectivity index (χ2n) is 5.09. The van der Waals surface area contributed by atoms with Crippen LogP contribution in [0, 0.1) is 5.92 Å². The van der Waals surface area contributed by atoms with E-state index >= 15 is 0 Å². The SMILES string of the molecule is CC[C@H](C)CNc1ncnc(N2CCCNCC2)n1. The number of hydrogen-bond acceptors (Lipinski definition) is 6. The Morgan fingerprint density at radius 1 is 1.37 bits per heavy atom. The molecule has 1 atom stereocenters. The van der Waals surface area contributed by atoms with E-state index in [9.17, 15) is 0 Å². The maximum atomic E-state index is 4.51. The first-order chi connectivity index (χ1) is 9.29. The molecular formula is C13H24N6.